The van der Waals surface area contributed by atoms with Crippen LogP contribution < -0.4 is 32.7 Å². The van der Waals surface area contributed by atoms with Crippen LogP contribution in [-0.4, -0.2) is 99.2 Å². The lowest BCUT2D eigenvalue weighted by Gasteiger charge is -2.32. The van der Waals surface area contributed by atoms with Gasteiger partial charge in [-0.2, -0.15) is 0 Å². The van der Waals surface area contributed by atoms with E-state index in [9.17, 15) is 38.7 Å². The predicted molar refractivity (Wildman–Crippen MR) is 207 cm³/mol. The van der Waals surface area contributed by atoms with E-state index < -0.39 is 84.1 Å². The molecule has 0 spiro atoms. The van der Waals surface area contributed by atoms with Gasteiger partial charge in [-0.1, -0.05) is 88.7 Å². The molecule has 0 unspecified atom stereocenters. The van der Waals surface area contributed by atoms with Crippen molar-refractivity contribution in [3.8, 4) is 0 Å². The van der Waals surface area contributed by atoms with Gasteiger partial charge in [0.05, 0.1) is 18.0 Å². The topological polar surface area (TPSA) is 256 Å². The minimum atomic E-state index is -1.88. The predicted octanol–water partition coefficient (Wildman–Crippen LogP) is 0.445. The quantitative estimate of drug-likeness (QED) is 0.0946. The Bertz CT molecular complexity index is 1910. The number of benzene rings is 2. The van der Waals surface area contributed by atoms with Gasteiger partial charge in [0.1, 0.15) is 29.9 Å². The SMILES string of the molecule is CC[C@@H](C)[C@H](NC(=O)[C@@H]1CCCN1C(=O)[C@@H](O)[C@H](Cc1ccccc1)NC(=O)[C@H](CC(N)=O)NC(=O)c1ccc2ccccc2n1)C(=O)N[C@H](C(N)=O)C(C)C. The van der Waals surface area contributed by atoms with Gasteiger partial charge in [-0.25, -0.2) is 4.98 Å². The fourth-order valence-electron chi connectivity index (χ4n) is 6.63. The molecule has 2 heterocycles. The number of nitrogens with zero attached hydrogens (tertiary/aromatic N) is 2. The molecule has 300 valence electrons. The molecule has 56 heavy (non-hydrogen) atoms. The van der Waals surface area contributed by atoms with E-state index in [1.54, 1.807) is 69.3 Å². The second-order valence-corrected chi connectivity index (χ2v) is 14.5. The van der Waals surface area contributed by atoms with Crippen LogP contribution in [0.3, 0.4) is 0 Å². The van der Waals surface area contributed by atoms with Crippen LogP contribution >= 0.6 is 0 Å². The number of para-hydroxylation sites is 1. The average Bonchev–Trinajstić information content (AvgIpc) is 3.67. The zero-order chi connectivity index (χ0) is 41.1. The Morgan fingerprint density at radius 1 is 0.839 bits per heavy atom. The van der Waals surface area contributed by atoms with Gasteiger partial charge in [0, 0.05) is 11.9 Å². The minimum absolute atomic E-state index is 0.0129. The van der Waals surface area contributed by atoms with Crippen LogP contribution in [0.1, 0.15) is 69.4 Å². The molecule has 2 aromatic carbocycles. The summed E-state index contributed by atoms with van der Waals surface area (Å²) in [5.41, 5.74) is 12.1. The number of hydrogen-bond acceptors (Lipinski definition) is 9. The van der Waals surface area contributed by atoms with Crippen LogP contribution in [0, 0.1) is 11.8 Å². The molecule has 7 atom stereocenters. The van der Waals surface area contributed by atoms with E-state index in [0.29, 0.717) is 23.9 Å². The smallest absolute Gasteiger partial charge is 0.270 e. The molecule has 16 nitrogen and oxygen atoms in total. The first-order chi connectivity index (χ1) is 26.6. The molecule has 16 heteroatoms. The number of primary amides is 2. The van der Waals surface area contributed by atoms with Crippen LogP contribution in [-0.2, 0) is 35.2 Å². The number of aromatic nitrogens is 1. The number of amides is 7. The Balaban J connectivity index is 1.54. The maximum absolute atomic E-state index is 14.1. The van der Waals surface area contributed by atoms with Crippen LogP contribution in [0.2, 0.25) is 0 Å². The van der Waals surface area contributed by atoms with Crippen molar-refractivity contribution < 1.29 is 38.7 Å². The maximum Gasteiger partial charge on any atom is 0.270 e. The van der Waals surface area contributed by atoms with Crippen LogP contribution in [0.4, 0.5) is 0 Å². The van der Waals surface area contributed by atoms with Crippen molar-refractivity contribution in [3.63, 3.8) is 0 Å². The lowest BCUT2D eigenvalue weighted by Crippen LogP contribution is -2.60. The van der Waals surface area contributed by atoms with Crippen LogP contribution in [0.25, 0.3) is 10.9 Å². The summed E-state index contributed by atoms with van der Waals surface area (Å²) in [6.07, 6.45) is -1.36. The van der Waals surface area contributed by atoms with E-state index in [1.165, 1.54) is 11.0 Å². The summed E-state index contributed by atoms with van der Waals surface area (Å²) in [5, 5.41) is 23.0. The average molecular weight is 773 g/mol. The number of nitrogens with one attached hydrogen (secondary N) is 4. The number of aliphatic hydroxyl groups is 1. The standard InChI is InChI=1S/C40H52N8O8/c1-5-23(4)33(39(55)46-32(22(2)3)35(42)51)47-38(54)30-16-11-19-48(30)40(56)34(50)28(20-24-12-7-6-8-13-24)44-37(53)29(21-31(41)49)45-36(52)27-18-17-25-14-9-10-15-26(25)43-27/h6-10,12-15,17-18,22-23,28-30,32-34,50H,5,11,16,19-21H2,1-4H3,(H2,41,49)(H2,42,51)(H,44,53)(H,45,52)(H,46,55)(H,47,54)/t23-,28+,29+,30+,32+,33+,34+/m1/s1. The third kappa shape index (κ3) is 11.1. The summed E-state index contributed by atoms with van der Waals surface area (Å²) >= 11 is 0. The van der Waals surface area contributed by atoms with Gasteiger partial charge in [-0.05, 0) is 48.8 Å². The Kier molecular flexibility index (Phi) is 15.0. The fraction of sp³-hybridized carbons (Fsp3) is 0.450. The van der Waals surface area contributed by atoms with Gasteiger partial charge in [-0.15, -0.1) is 0 Å². The number of pyridine rings is 1. The summed E-state index contributed by atoms with van der Waals surface area (Å²) < 4.78 is 0. The number of rotatable bonds is 18. The molecule has 1 aliphatic rings. The van der Waals surface area contributed by atoms with Gasteiger partial charge in [0.15, 0.2) is 6.10 Å². The summed E-state index contributed by atoms with van der Waals surface area (Å²) in [6.45, 7) is 7.17. The summed E-state index contributed by atoms with van der Waals surface area (Å²) in [7, 11) is 0. The molecule has 0 aliphatic carbocycles. The zero-order valence-corrected chi connectivity index (χ0v) is 32.1. The minimum Gasteiger partial charge on any atom is -0.381 e. The third-order valence-electron chi connectivity index (χ3n) is 10.0. The van der Waals surface area contributed by atoms with Crippen molar-refractivity contribution >= 4 is 52.3 Å². The highest BCUT2D eigenvalue weighted by Gasteiger charge is 2.42. The lowest BCUT2D eigenvalue weighted by atomic mass is 9.96. The number of nitrogens with two attached hydrogens (primary N) is 2. The van der Waals surface area contributed by atoms with Gasteiger partial charge >= 0.3 is 0 Å². The first kappa shape index (κ1) is 42.8. The first-order valence-electron chi connectivity index (χ1n) is 18.8. The molecular weight excluding hydrogens is 720 g/mol. The van der Waals surface area contributed by atoms with E-state index in [4.69, 9.17) is 11.5 Å². The Hall–Kier alpha value is -5.90. The number of carbonyl (C=O) groups excluding carboxylic acids is 7. The van der Waals surface area contributed by atoms with Gasteiger partial charge < -0.3 is 42.7 Å². The molecule has 0 bridgehead atoms. The van der Waals surface area contributed by atoms with Crippen molar-refractivity contribution in [1.82, 2.24) is 31.2 Å². The molecule has 3 aromatic rings. The fourth-order valence-corrected chi connectivity index (χ4v) is 6.63. The number of hydrogen-bond donors (Lipinski definition) is 7. The summed E-state index contributed by atoms with van der Waals surface area (Å²) in [5.74, 6) is -5.98. The summed E-state index contributed by atoms with van der Waals surface area (Å²) in [6, 6.07) is 13.2. The highest BCUT2D eigenvalue weighted by atomic mass is 16.3. The van der Waals surface area contributed by atoms with Crippen molar-refractivity contribution in [3.05, 3.63) is 78.0 Å². The normalized spacial score (nSPS) is 17.2. The van der Waals surface area contributed by atoms with Gasteiger partial charge in [0.25, 0.3) is 11.8 Å². The molecular formula is C40H52N8O8. The first-order valence-corrected chi connectivity index (χ1v) is 18.8. The Labute approximate surface area is 325 Å². The zero-order valence-electron chi connectivity index (χ0n) is 32.1. The number of carbonyl (C=O) groups is 7. The number of likely N-dealkylation sites (tertiary alicyclic amines) is 1. The van der Waals surface area contributed by atoms with Gasteiger partial charge in [0.2, 0.25) is 29.5 Å². The van der Waals surface area contributed by atoms with E-state index in [1.807, 2.05) is 19.1 Å². The Morgan fingerprint density at radius 3 is 2.16 bits per heavy atom. The van der Waals surface area contributed by atoms with E-state index in [0.717, 1.165) is 5.39 Å². The molecule has 7 amide bonds. The van der Waals surface area contributed by atoms with Crippen molar-refractivity contribution in [2.24, 2.45) is 23.3 Å². The molecule has 1 aromatic heterocycles. The van der Waals surface area contributed by atoms with Gasteiger partial charge in [-0.3, -0.25) is 33.6 Å². The molecule has 0 saturated carbocycles. The highest BCUT2D eigenvalue weighted by Crippen LogP contribution is 2.22. The van der Waals surface area contributed by atoms with E-state index >= 15 is 0 Å². The second-order valence-electron chi connectivity index (χ2n) is 14.5. The van der Waals surface area contributed by atoms with E-state index in [2.05, 4.69) is 26.3 Å². The molecule has 1 saturated heterocycles. The third-order valence-corrected chi connectivity index (χ3v) is 10.0. The molecule has 0 radical (unpaired) electrons. The van der Waals surface area contributed by atoms with E-state index in [-0.39, 0.29) is 36.9 Å². The largest absolute Gasteiger partial charge is 0.381 e. The maximum atomic E-state index is 14.1. The molecule has 1 fully saturated rings. The van der Waals surface area contributed by atoms with Crippen molar-refractivity contribution in [2.75, 3.05) is 6.54 Å². The molecule has 1 aliphatic heterocycles. The molecule has 9 N–H and O–H groups in total. The van der Waals surface area contributed by atoms with Crippen molar-refractivity contribution in [2.45, 2.75) is 96.1 Å². The highest BCUT2D eigenvalue weighted by molar-refractivity contribution is 5.99. The van der Waals surface area contributed by atoms with Crippen LogP contribution in [0.5, 0.6) is 0 Å². The Morgan fingerprint density at radius 2 is 1.52 bits per heavy atom. The molecule has 4 rings (SSSR count). The van der Waals surface area contributed by atoms with Crippen LogP contribution in [0.15, 0.2) is 66.7 Å². The summed E-state index contributed by atoms with van der Waals surface area (Å²) in [4.78, 5) is 97.9. The number of aliphatic hydroxyl groups excluding tert-OH is 1. The monoisotopic (exact) mass is 772 g/mol. The lowest BCUT2D eigenvalue weighted by molar-refractivity contribution is -0.147. The van der Waals surface area contributed by atoms with Crippen molar-refractivity contribution in [1.29, 1.82) is 0 Å². The second kappa shape index (κ2) is 19.6. The number of fused-ring (bicyclic) bond motifs is 1.